The molecular weight excluding hydrogens is 292 g/mol. The molecule has 2 saturated carbocycles. The van der Waals surface area contributed by atoms with Crippen LogP contribution in [0.4, 0.5) is 0 Å². The number of hydrogen-bond acceptors (Lipinski definition) is 3. The second kappa shape index (κ2) is 7.98. The zero-order valence-corrected chi connectivity index (χ0v) is 14.3. The van der Waals surface area contributed by atoms with Crippen LogP contribution in [0.25, 0.3) is 0 Å². The van der Waals surface area contributed by atoms with Gasteiger partial charge < -0.3 is 9.84 Å². The first-order valence-corrected chi connectivity index (χ1v) is 9.02. The molecule has 4 heteroatoms. The monoisotopic (exact) mass is 322 g/mol. The molecule has 0 radical (unpaired) electrons. The summed E-state index contributed by atoms with van der Waals surface area (Å²) in [4.78, 5) is 23.9. The van der Waals surface area contributed by atoms with Crippen LogP contribution in [-0.4, -0.2) is 22.6 Å². The Morgan fingerprint density at radius 2 is 2.00 bits per heavy atom. The van der Waals surface area contributed by atoms with E-state index in [0.717, 1.165) is 57.8 Å². The number of allylic oxidation sites excluding steroid dienone is 1. The summed E-state index contributed by atoms with van der Waals surface area (Å²) >= 11 is 0. The molecule has 130 valence electrons. The first kappa shape index (κ1) is 18.0. The molecule has 0 aliphatic heterocycles. The predicted octanol–water partition coefficient (Wildman–Crippen LogP) is 4.34. The molecule has 2 aliphatic carbocycles. The minimum absolute atomic E-state index is 0.0176. The Morgan fingerprint density at radius 1 is 1.30 bits per heavy atom. The van der Waals surface area contributed by atoms with Crippen molar-refractivity contribution in [3.05, 3.63) is 12.7 Å². The van der Waals surface area contributed by atoms with E-state index in [-0.39, 0.29) is 18.3 Å². The smallest absolute Gasteiger partial charge is 0.307 e. The van der Waals surface area contributed by atoms with Crippen LogP contribution in [0.3, 0.4) is 0 Å². The van der Waals surface area contributed by atoms with Crippen molar-refractivity contribution in [1.82, 2.24) is 0 Å². The summed E-state index contributed by atoms with van der Waals surface area (Å²) in [7, 11) is 0. The van der Waals surface area contributed by atoms with E-state index in [0.29, 0.717) is 5.92 Å². The zero-order valence-electron chi connectivity index (χ0n) is 14.3. The van der Waals surface area contributed by atoms with Crippen LogP contribution in [0, 0.1) is 17.8 Å². The third-order valence-electron chi connectivity index (χ3n) is 5.83. The molecule has 2 fully saturated rings. The van der Waals surface area contributed by atoms with Crippen molar-refractivity contribution in [2.45, 2.75) is 76.7 Å². The quantitative estimate of drug-likeness (QED) is 0.533. The van der Waals surface area contributed by atoms with Crippen LogP contribution in [0.5, 0.6) is 0 Å². The number of aliphatic carboxylic acids is 1. The maximum absolute atomic E-state index is 12.4. The van der Waals surface area contributed by atoms with E-state index in [1.165, 1.54) is 0 Å². The highest BCUT2D eigenvalue weighted by Gasteiger charge is 2.42. The molecule has 0 aromatic rings. The van der Waals surface area contributed by atoms with Crippen LogP contribution in [0.15, 0.2) is 12.7 Å². The molecule has 0 saturated heterocycles. The summed E-state index contributed by atoms with van der Waals surface area (Å²) in [5.41, 5.74) is -0.432. The number of rotatable bonds is 8. The maximum atomic E-state index is 12.4. The lowest BCUT2D eigenvalue weighted by molar-refractivity contribution is -0.167. The van der Waals surface area contributed by atoms with E-state index in [1.807, 2.05) is 13.0 Å². The summed E-state index contributed by atoms with van der Waals surface area (Å²) in [6, 6.07) is 0. The fourth-order valence-corrected chi connectivity index (χ4v) is 4.41. The number of carbonyl (C=O) groups is 2. The summed E-state index contributed by atoms with van der Waals surface area (Å²) in [6.07, 6.45) is 10.8. The van der Waals surface area contributed by atoms with Gasteiger partial charge in [0.15, 0.2) is 0 Å². The second-order valence-electron chi connectivity index (χ2n) is 7.44. The van der Waals surface area contributed by atoms with Gasteiger partial charge in [-0.05, 0) is 63.7 Å². The molecule has 0 aromatic carbocycles. The van der Waals surface area contributed by atoms with Gasteiger partial charge in [-0.1, -0.05) is 18.9 Å². The number of carboxylic acids is 1. The van der Waals surface area contributed by atoms with Crippen LogP contribution in [-0.2, 0) is 14.3 Å². The third-order valence-corrected chi connectivity index (χ3v) is 5.83. The Balaban J connectivity index is 1.93. The van der Waals surface area contributed by atoms with E-state index in [9.17, 15) is 14.7 Å². The molecule has 0 aromatic heterocycles. The average molecular weight is 322 g/mol. The number of hydrogen-bond donors (Lipinski definition) is 1. The molecule has 0 heterocycles. The molecule has 1 N–H and O–H groups in total. The van der Waals surface area contributed by atoms with Crippen LogP contribution in [0.1, 0.15) is 71.1 Å². The molecule has 3 atom stereocenters. The van der Waals surface area contributed by atoms with Crippen molar-refractivity contribution in [2.75, 3.05) is 0 Å². The van der Waals surface area contributed by atoms with E-state index >= 15 is 0 Å². The number of carboxylic acid groups (broad SMARTS) is 1. The van der Waals surface area contributed by atoms with Gasteiger partial charge in [0.05, 0.1) is 12.3 Å². The molecule has 2 aliphatic rings. The minimum Gasteiger partial charge on any atom is -0.481 e. The lowest BCUT2D eigenvalue weighted by atomic mass is 9.87. The third kappa shape index (κ3) is 4.58. The summed E-state index contributed by atoms with van der Waals surface area (Å²) in [6.45, 7) is 5.77. The zero-order chi connectivity index (χ0) is 16.9. The maximum Gasteiger partial charge on any atom is 0.307 e. The number of esters is 1. The second-order valence-corrected chi connectivity index (χ2v) is 7.44. The van der Waals surface area contributed by atoms with Crippen molar-refractivity contribution in [3.63, 3.8) is 0 Å². The Kier molecular flexibility index (Phi) is 6.25. The van der Waals surface area contributed by atoms with Gasteiger partial charge in [-0.2, -0.15) is 0 Å². The fourth-order valence-electron chi connectivity index (χ4n) is 4.41. The summed E-state index contributed by atoms with van der Waals surface area (Å²) in [5, 5.41) is 9.46. The van der Waals surface area contributed by atoms with Crippen molar-refractivity contribution in [1.29, 1.82) is 0 Å². The molecule has 4 nitrogen and oxygen atoms in total. The van der Waals surface area contributed by atoms with Gasteiger partial charge >= 0.3 is 11.9 Å². The topological polar surface area (TPSA) is 63.6 Å². The van der Waals surface area contributed by atoms with Gasteiger partial charge in [-0.25, -0.2) is 0 Å². The van der Waals surface area contributed by atoms with Gasteiger partial charge in [0.2, 0.25) is 0 Å². The van der Waals surface area contributed by atoms with Gasteiger partial charge in [0.25, 0.3) is 0 Å². The Bertz CT molecular complexity index is 439. The van der Waals surface area contributed by atoms with Crippen molar-refractivity contribution in [2.24, 2.45) is 17.8 Å². The molecule has 0 unspecified atom stereocenters. The standard InChI is InChI=1S/C19H30O4/c1-3-4-10-15-11-7-12-19(15,2)23-17(20)13-16(18(21)22)14-8-5-6-9-14/h3,14-16H,1,4-13H2,2H3,(H,21,22)/t15-,16-,19-/m0/s1. The van der Waals surface area contributed by atoms with Gasteiger partial charge in [0.1, 0.15) is 5.60 Å². The number of ether oxygens (including phenoxy) is 1. The first-order chi connectivity index (χ1) is 11.0. The average Bonchev–Trinajstić information content (AvgIpc) is 3.12. The lowest BCUT2D eigenvalue weighted by Crippen LogP contribution is -2.37. The predicted molar refractivity (Wildman–Crippen MR) is 89.0 cm³/mol. The molecular formula is C19H30O4. The van der Waals surface area contributed by atoms with E-state index < -0.39 is 17.5 Å². The van der Waals surface area contributed by atoms with Crippen LogP contribution < -0.4 is 0 Å². The normalized spacial score (nSPS) is 29.3. The Labute approximate surface area is 139 Å². The summed E-state index contributed by atoms with van der Waals surface area (Å²) in [5.74, 6) is -1.28. The van der Waals surface area contributed by atoms with Gasteiger partial charge in [-0.3, -0.25) is 9.59 Å². The van der Waals surface area contributed by atoms with Crippen LogP contribution >= 0.6 is 0 Å². The fraction of sp³-hybridized carbons (Fsp3) is 0.789. The lowest BCUT2D eigenvalue weighted by Gasteiger charge is -2.32. The van der Waals surface area contributed by atoms with Gasteiger partial charge in [-0.15, -0.1) is 6.58 Å². The molecule has 2 rings (SSSR count). The van der Waals surface area contributed by atoms with Crippen LogP contribution in [0.2, 0.25) is 0 Å². The minimum atomic E-state index is -0.853. The van der Waals surface area contributed by atoms with E-state index in [2.05, 4.69) is 6.58 Å². The Morgan fingerprint density at radius 3 is 2.61 bits per heavy atom. The molecule has 23 heavy (non-hydrogen) atoms. The number of carbonyl (C=O) groups excluding carboxylic acids is 1. The van der Waals surface area contributed by atoms with Gasteiger partial charge in [0, 0.05) is 0 Å². The van der Waals surface area contributed by atoms with Crippen molar-refractivity contribution >= 4 is 11.9 Å². The van der Waals surface area contributed by atoms with E-state index in [4.69, 9.17) is 4.74 Å². The summed E-state index contributed by atoms with van der Waals surface area (Å²) < 4.78 is 5.81. The highest BCUT2D eigenvalue weighted by atomic mass is 16.6. The molecule has 0 amide bonds. The highest BCUT2D eigenvalue weighted by molar-refractivity contribution is 5.79. The SMILES string of the molecule is C=CCC[C@H]1CCC[C@]1(C)OC(=O)C[C@H](C(=O)O)C1CCCC1. The highest BCUT2D eigenvalue weighted by Crippen LogP contribution is 2.42. The van der Waals surface area contributed by atoms with Crippen molar-refractivity contribution < 1.29 is 19.4 Å². The van der Waals surface area contributed by atoms with E-state index in [1.54, 1.807) is 0 Å². The first-order valence-electron chi connectivity index (χ1n) is 9.02. The molecule has 0 spiro atoms. The van der Waals surface area contributed by atoms with Crippen molar-refractivity contribution in [3.8, 4) is 0 Å². The largest absolute Gasteiger partial charge is 0.481 e. The molecule has 0 bridgehead atoms. The Hall–Kier alpha value is -1.32.